The molecule has 1 unspecified atom stereocenters. The van der Waals surface area contributed by atoms with Gasteiger partial charge in [-0.05, 0) is 73.9 Å². The molecule has 162 valence electrons. The van der Waals surface area contributed by atoms with Crippen LogP contribution >= 0.6 is 22.9 Å². The Balaban J connectivity index is 1.55. The molecule has 1 aromatic heterocycles. The number of aromatic nitrogens is 1. The van der Waals surface area contributed by atoms with Gasteiger partial charge in [-0.3, -0.25) is 9.69 Å². The first kappa shape index (κ1) is 20.7. The number of ether oxygens (including phenoxy) is 2. The predicted octanol–water partition coefficient (Wildman–Crippen LogP) is 5.66. The van der Waals surface area contributed by atoms with Crippen molar-refractivity contribution in [2.75, 3.05) is 25.2 Å². The Labute approximate surface area is 190 Å². The lowest BCUT2D eigenvalue weighted by atomic mass is 9.90. The Morgan fingerprint density at radius 1 is 1.23 bits per heavy atom. The van der Waals surface area contributed by atoms with Crippen molar-refractivity contribution in [3.63, 3.8) is 0 Å². The van der Waals surface area contributed by atoms with Crippen LogP contribution in [0.15, 0.2) is 30.3 Å². The molecule has 2 aliphatic rings. The van der Waals surface area contributed by atoms with E-state index >= 15 is 0 Å². The van der Waals surface area contributed by atoms with Gasteiger partial charge in [-0.2, -0.15) is 0 Å². The van der Waals surface area contributed by atoms with E-state index in [2.05, 4.69) is 12.1 Å². The van der Waals surface area contributed by atoms with Gasteiger partial charge in [0.1, 0.15) is 11.3 Å². The zero-order chi connectivity index (χ0) is 21.4. The Kier molecular flexibility index (Phi) is 5.87. The van der Waals surface area contributed by atoms with Gasteiger partial charge in [0.05, 0.1) is 29.5 Å². The second kappa shape index (κ2) is 8.77. The molecule has 5 nitrogen and oxygen atoms in total. The molecule has 1 amide bonds. The fourth-order valence-electron chi connectivity index (χ4n) is 4.48. The lowest BCUT2D eigenvalue weighted by Crippen LogP contribution is -2.37. The second-order valence-corrected chi connectivity index (χ2v) is 9.55. The van der Waals surface area contributed by atoms with E-state index in [9.17, 15) is 4.79 Å². The van der Waals surface area contributed by atoms with E-state index in [-0.39, 0.29) is 12.0 Å². The maximum Gasteiger partial charge on any atom is 0.260 e. The lowest BCUT2D eigenvalue weighted by molar-refractivity contribution is 0.0917. The Morgan fingerprint density at radius 2 is 2.06 bits per heavy atom. The molecule has 1 atom stereocenters. The molecule has 0 radical (unpaired) electrons. The van der Waals surface area contributed by atoms with Gasteiger partial charge in [0.25, 0.3) is 5.91 Å². The highest BCUT2D eigenvalue weighted by atomic mass is 35.5. The van der Waals surface area contributed by atoms with E-state index in [4.69, 9.17) is 26.1 Å². The van der Waals surface area contributed by atoms with Gasteiger partial charge >= 0.3 is 0 Å². The largest absolute Gasteiger partial charge is 0.494 e. The van der Waals surface area contributed by atoms with Crippen LogP contribution in [-0.4, -0.2) is 37.3 Å². The molecule has 1 aliphatic heterocycles. The topological polar surface area (TPSA) is 51.7 Å². The van der Waals surface area contributed by atoms with Crippen LogP contribution in [0.3, 0.4) is 0 Å². The number of nitrogens with zero attached hydrogens (tertiary/aromatic N) is 2. The maximum absolute atomic E-state index is 13.7. The van der Waals surface area contributed by atoms with E-state index in [1.165, 1.54) is 35.3 Å². The number of fused-ring (bicyclic) bond motifs is 2. The van der Waals surface area contributed by atoms with Crippen molar-refractivity contribution in [3.05, 3.63) is 52.0 Å². The van der Waals surface area contributed by atoms with Crippen molar-refractivity contribution in [2.45, 2.75) is 44.6 Å². The second-order valence-electron chi connectivity index (χ2n) is 8.17. The third-order valence-electron chi connectivity index (χ3n) is 6.15. The van der Waals surface area contributed by atoms with Crippen molar-refractivity contribution in [1.29, 1.82) is 0 Å². The SMILES string of the molecule is COc1ccc(Cl)c2sc(N(CC3CCCO3)C(=O)c3ccc4c(c3)CCCC4)nc12. The van der Waals surface area contributed by atoms with Gasteiger partial charge in [0.15, 0.2) is 5.13 Å². The number of hydrogen-bond acceptors (Lipinski definition) is 5. The lowest BCUT2D eigenvalue weighted by Gasteiger charge is -2.24. The summed E-state index contributed by atoms with van der Waals surface area (Å²) in [4.78, 5) is 20.3. The Bertz CT molecular complexity index is 1120. The highest BCUT2D eigenvalue weighted by molar-refractivity contribution is 7.23. The summed E-state index contributed by atoms with van der Waals surface area (Å²) in [7, 11) is 1.62. The molecule has 0 saturated carbocycles. The molecule has 0 bridgehead atoms. The quantitative estimate of drug-likeness (QED) is 0.496. The highest BCUT2D eigenvalue weighted by Gasteiger charge is 2.28. The smallest absolute Gasteiger partial charge is 0.260 e. The zero-order valence-electron chi connectivity index (χ0n) is 17.5. The molecule has 0 N–H and O–H groups in total. The normalized spacial score (nSPS) is 18.2. The molecule has 3 aromatic rings. The summed E-state index contributed by atoms with van der Waals surface area (Å²) in [6.07, 6.45) is 6.52. The van der Waals surface area contributed by atoms with E-state index in [0.717, 1.165) is 37.0 Å². The average Bonchev–Trinajstić information content (AvgIpc) is 3.47. The predicted molar refractivity (Wildman–Crippen MR) is 125 cm³/mol. The Morgan fingerprint density at radius 3 is 2.84 bits per heavy atom. The molecule has 1 fully saturated rings. The summed E-state index contributed by atoms with van der Waals surface area (Å²) >= 11 is 7.86. The molecule has 2 heterocycles. The van der Waals surface area contributed by atoms with Gasteiger partial charge in [-0.1, -0.05) is 29.0 Å². The first-order valence-electron chi connectivity index (χ1n) is 10.8. The number of anilines is 1. The van der Waals surface area contributed by atoms with Crippen LogP contribution in [0.4, 0.5) is 5.13 Å². The van der Waals surface area contributed by atoms with Gasteiger partial charge in [-0.25, -0.2) is 4.98 Å². The van der Waals surface area contributed by atoms with Crippen molar-refractivity contribution < 1.29 is 14.3 Å². The summed E-state index contributed by atoms with van der Waals surface area (Å²) in [6, 6.07) is 9.75. The van der Waals surface area contributed by atoms with Crippen LogP contribution in [0.5, 0.6) is 5.75 Å². The van der Waals surface area contributed by atoms with Crippen molar-refractivity contribution >= 4 is 44.2 Å². The van der Waals surface area contributed by atoms with Crippen molar-refractivity contribution in [2.24, 2.45) is 0 Å². The number of benzene rings is 2. The highest BCUT2D eigenvalue weighted by Crippen LogP contribution is 2.39. The third-order valence-corrected chi connectivity index (χ3v) is 7.69. The summed E-state index contributed by atoms with van der Waals surface area (Å²) in [5.41, 5.74) is 4.05. The molecule has 1 aliphatic carbocycles. The Hall–Kier alpha value is -2.15. The molecular formula is C24H25ClN2O3S. The number of carbonyl (C=O) groups is 1. The molecule has 1 saturated heterocycles. The number of aryl methyl sites for hydroxylation is 2. The molecule has 5 rings (SSSR count). The minimum Gasteiger partial charge on any atom is -0.494 e. The molecule has 0 spiro atoms. The summed E-state index contributed by atoms with van der Waals surface area (Å²) in [6.45, 7) is 1.22. The first-order valence-corrected chi connectivity index (χ1v) is 12.0. The maximum atomic E-state index is 13.7. The minimum atomic E-state index is -0.0435. The van der Waals surface area contributed by atoms with Crippen LogP contribution in [-0.2, 0) is 17.6 Å². The standard InChI is InChI=1S/C24H25ClN2O3S/c1-29-20-11-10-19(25)22-21(20)26-24(31-22)27(14-18-7-4-12-30-18)23(28)17-9-8-15-5-2-3-6-16(15)13-17/h8-11,13,18H,2-7,12,14H2,1H3. The van der Waals surface area contributed by atoms with Gasteiger partial charge in [0.2, 0.25) is 0 Å². The summed E-state index contributed by atoms with van der Waals surface area (Å²) < 4.78 is 12.2. The number of methoxy groups -OCH3 is 1. The van der Waals surface area contributed by atoms with Gasteiger partial charge in [0, 0.05) is 12.2 Å². The van der Waals surface area contributed by atoms with Gasteiger partial charge < -0.3 is 9.47 Å². The molecular weight excluding hydrogens is 432 g/mol. The number of amides is 1. The molecule has 31 heavy (non-hydrogen) atoms. The van der Waals surface area contributed by atoms with E-state index in [0.29, 0.717) is 33.5 Å². The van der Waals surface area contributed by atoms with Crippen molar-refractivity contribution in [1.82, 2.24) is 4.98 Å². The van der Waals surface area contributed by atoms with Crippen LogP contribution in [0.1, 0.15) is 47.2 Å². The first-order chi connectivity index (χ1) is 15.1. The number of rotatable bonds is 5. The van der Waals surface area contributed by atoms with E-state index in [1.807, 2.05) is 12.1 Å². The van der Waals surface area contributed by atoms with Crippen molar-refractivity contribution in [3.8, 4) is 5.75 Å². The molecule has 7 heteroatoms. The van der Waals surface area contributed by atoms with Crippen LogP contribution in [0.2, 0.25) is 5.02 Å². The number of thiazole rings is 1. The van der Waals surface area contributed by atoms with Crippen LogP contribution in [0.25, 0.3) is 10.2 Å². The summed E-state index contributed by atoms with van der Waals surface area (Å²) in [5, 5.41) is 1.23. The number of halogens is 1. The fraction of sp³-hybridized carbons (Fsp3) is 0.417. The monoisotopic (exact) mass is 456 g/mol. The average molecular weight is 457 g/mol. The summed E-state index contributed by atoms with van der Waals surface area (Å²) in [5.74, 6) is 0.609. The molecule has 2 aromatic carbocycles. The van der Waals surface area contributed by atoms with Crippen LogP contribution < -0.4 is 9.64 Å². The van der Waals surface area contributed by atoms with E-state index in [1.54, 1.807) is 18.1 Å². The number of hydrogen-bond donors (Lipinski definition) is 0. The van der Waals surface area contributed by atoms with E-state index < -0.39 is 0 Å². The zero-order valence-corrected chi connectivity index (χ0v) is 19.1. The minimum absolute atomic E-state index is 0.0194. The fourth-order valence-corrected chi connectivity index (χ4v) is 5.75. The van der Waals surface area contributed by atoms with Crippen LogP contribution in [0, 0.1) is 0 Å². The third kappa shape index (κ3) is 4.04. The number of carbonyl (C=O) groups excluding carboxylic acids is 1. The van der Waals surface area contributed by atoms with Gasteiger partial charge in [-0.15, -0.1) is 0 Å².